The highest BCUT2D eigenvalue weighted by Gasteiger charge is 2.06. The molecule has 1 amide bonds. The van der Waals surface area contributed by atoms with Gasteiger partial charge < -0.3 is 5.32 Å². The highest BCUT2D eigenvalue weighted by Crippen LogP contribution is 2.19. The van der Waals surface area contributed by atoms with Crippen molar-refractivity contribution in [1.29, 1.82) is 0 Å². The molecule has 0 unspecified atom stereocenters. The van der Waals surface area contributed by atoms with Gasteiger partial charge in [-0.2, -0.15) is 0 Å². The lowest BCUT2D eigenvalue weighted by Crippen LogP contribution is -2.25. The van der Waals surface area contributed by atoms with Crippen LogP contribution in [0.4, 0.5) is 0 Å². The molecule has 1 N–H and O–H groups in total. The number of carbonyl (C=O) groups is 1. The van der Waals surface area contributed by atoms with Gasteiger partial charge in [0, 0.05) is 34.3 Å². The molecule has 0 bridgehead atoms. The van der Waals surface area contributed by atoms with E-state index in [4.69, 9.17) is 11.6 Å². The first-order valence-electron chi connectivity index (χ1n) is 5.73. The number of benzene rings is 1. The highest BCUT2D eigenvalue weighted by atomic mass is 79.9. The molecular formula is C12H12BrClN4O. The van der Waals surface area contributed by atoms with Crippen molar-refractivity contribution in [1.82, 2.24) is 20.3 Å². The maximum atomic E-state index is 11.9. The Balaban J connectivity index is 1.80. The fourth-order valence-corrected chi connectivity index (χ4v) is 2.44. The second-order valence-corrected chi connectivity index (χ2v) is 5.29. The number of nitrogens with one attached hydrogen (secondary N) is 1. The van der Waals surface area contributed by atoms with E-state index in [0.717, 1.165) is 17.4 Å². The molecule has 1 aromatic heterocycles. The Labute approximate surface area is 124 Å². The lowest BCUT2D eigenvalue weighted by Gasteiger charge is -2.06. The van der Waals surface area contributed by atoms with Crippen molar-refractivity contribution in [3.63, 3.8) is 0 Å². The minimum Gasteiger partial charge on any atom is -0.352 e. The summed E-state index contributed by atoms with van der Waals surface area (Å²) in [7, 11) is 0. The Morgan fingerprint density at radius 3 is 2.95 bits per heavy atom. The molecule has 19 heavy (non-hydrogen) atoms. The van der Waals surface area contributed by atoms with E-state index in [1.807, 2.05) is 0 Å². The molecular weight excluding hydrogens is 332 g/mol. The molecule has 0 spiro atoms. The number of hydrogen-bond acceptors (Lipinski definition) is 3. The molecule has 0 saturated heterocycles. The molecule has 0 saturated carbocycles. The van der Waals surface area contributed by atoms with Gasteiger partial charge in [-0.05, 0) is 24.6 Å². The minimum absolute atomic E-state index is 0.137. The second-order valence-electron chi connectivity index (χ2n) is 3.93. The van der Waals surface area contributed by atoms with Gasteiger partial charge in [-0.1, -0.05) is 32.7 Å². The maximum Gasteiger partial charge on any atom is 0.251 e. The summed E-state index contributed by atoms with van der Waals surface area (Å²) in [5.41, 5.74) is 0.542. The lowest BCUT2D eigenvalue weighted by atomic mass is 10.2. The second kappa shape index (κ2) is 6.68. The Morgan fingerprint density at radius 2 is 2.26 bits per heavy atom. The molecule has 0 radical (unpaired) electrons. The summed E-state index contributed by atoms with van der Waals surface area (Å²) < 4.78 is 2.51. The molecule has 2 rings (SSSR count). The van der Waals surface area contributed by atoms with Crippen LogP contribution in [-0.4, -0.2) is 27.4 Å². The normalized spacial score (nSPS) is 10.4. The summed E-state index contributed by atoms with van der Waals surface area (Å²) >= 11 is 9.20. The quantitative estimate of drug-likeness (QED) is 0.849. The van der Waals surface area contributed by atoms with E-state index in [-0.39, 0.29) is 5.91 Å². The first kappa shape index (κ1) is 14.0. The van der Waals surface area contributed by atoms with Crippen molar-refractivity contribution in [3.8, 4) is 0 Å². The average molecular weight is 344 g/mol. The Kier molecular flexibility index (Phi) is 4.93. The van der Waals surface area contributed by atoms with E-state index >= 15 is 0 Å². The molecule has 0 aliphatic carbocycles. The summed E-state index contributed by atoms with van der Waals surface area (Å²) in [5.74, 6) is -0.137. The molecule has 0 aliphatic heterocycles. The molecule has 1 heterocycles. The van der Waals surface area contributed by atoms with Crippen LogP contribution < -0.4 is 5.32 Å². The van der Waals surface area contributed by atoms with Gasteiger partial charge in [0.25, 0.3) is 5.91 Å². The van der Waals surface area contributed by atoms with Crippen LogP contribution in [0.2, 0.25) is 5.02 Å². The molecule has 5 nitrogen and oxygen atoms in total. The number of hydrogen-bond donors (Lipinski definition) is 1. The Hall–Kier alpha value is -1.40. The topological polar surface area (TPSA) is 59.8 Å². The molecule has 0 aliphatic rings. The summed E-state index contributed by atoms with van der Waals surface area (Å²) in [4.78, 5) is 11.9. The largest absolute Gasteiger partial charge is 0.352 e. The van der Waals surface area contributed by atoms with Crippen molar-refractivity contribution < 1.29 is 4.79 Å². The molecule has 0 atom stereocenters. The maximum absolute atomic E-state index is 11.9. The van der Waals surface area contributed by atoms with Gasteiger partial charge in [0.15, 0.2) is 0 Å². The zero-order chi connectivity index (χ0) is 13.7. The Morgan fingerprint density at radius 1 is 1.42 bits per heavy atom. The van der Waals surface area contributed by atoms with Crippen molar-refractivity contribution in [3.05, 3.63) is 45.7 Å². The monoisotopic (exact) mass is 342 g/mol. The van der Waals surface area contributed by atoms with E-state index < -0.39 is 0 Å². The van der Waals surface area contributed by atoms with Crippen LogP contribution >= 0.6 is 27.5 Å². The SMILES string of the molecule is O=C(NCCCn1ccnn1)c1cc(Cl)cc(Br)c1. The number of nitrogens with zero attached hydrogens (tertiary/aromatic N) is 3. The van der Waals surface area contributed by atoms with Crippen molar-refractivity contribution in [2.24, 2.45) is 0 Å². The smallest absolute Gasteiger partial charge is 0.251 e. The predicted octanol–water partition coefficient (Wildman–Crippen LogP) is 2.51. The number of carbonyl (C=O) groups excluding carboxylic acids is 1. The van der Waals surface area contributed by atoms with Crippen molar-refractivity contribution >= 4 is 33.4 Å². The molecule has 1 aromatic carbocycles. The minimum atomic E-state index is -0.137. The first-order valence-corrected chi connectivity index (χ1v) is 6.90. The standard InChI is InChI=1S/C12H12BrClN4O/c13-10-6-9(7-11(14)8-10)12(19)15-2-1-4-18-5-3-16-17-18/h3,5-8H,1-2,4H2,(H,15,19). The van der Waals surface area contributed by atoms with Crippen LogP contribution in [0.15, 0.2) is 35.1 Å². The molecule has 7 heteroatoms. The summed E-state index contributed by atoms with van der Waals surface area (Å²) in [6.45, 7) is 1.29. The third-order valence-electron chi connectivity index (χ3n) is 2.45. The van der Waals surface area contributed by atoms with Crippen LogP contribution in [0, 0.1) is 0 Å². The third kappa shape index (κ3) is 4.33. The number of aromatic nitrogens is 3. The number of amides is 1. The van der Waals surface area contributed by atoms with Gasteiger partial charge in [-0.25, -0.2) is 0 Å². The molecule has 100 valence electrons. The molecule has 2 aromatic rings. The van der Waals surface area contributed by atoms with E-state index in [1.165, 1.54) is 0 Å². The van der Waals surface area contributed by atoms with Gasteiger partial charge >= 0.3 is 0 Å². The third-order valence-corrected chi connectivity index (χ3v) is 3.12. The lowest BCUT2D eigenvalue weighted by molar-refractivity contribution is 0.0952. The fourth-order valence-electron chi connectivity index (χ4n) is 1.58. The van der Waals surface area contributed by atoms with Crippen molar-refractivity contribution in [2.75, 3.05) is 6.54 Å². The van der Waals surface area contributed by atoms with Gasteiger partial charge in [0.2, 0.25) is 0 Å². The fraction of sp³-hybridized carbons (Fsp3) is 0.250. The van der Waals surface area contributed by atoms with Crippen LogP contribution in [0.25, 0.3) is 0 Å². The zero-order valence-electron chi connectivity index (χ0n) is 10.0. The van der Waals surface area contributed by atoms with Crippen molar-refractivity contribution in [2.45, 2.75) is 13.0 Å². The Bertz CT molecular complexity index is 539. The number of halogens is 2. The van der Waals surface area contributed by atoms with Crippen LogP contribution in [0.3, 0.4) is 0 Å². The first-order chi connectivity index (χ1) is 9.15. The number of rotatable bonds is 5. The molecule has 0 fully saturated rings. The van der Waals surface area contributed by atoms with Gasteiger partial charge in [0.1, 0.15) is 0 Å². The summed E-state index contributed by atoms with van der Waals surface area (Å²) in [5, 5.41) is 10.9. The van der Waals surface area contributed by atoms with E-state index in [0.29, 0.717) is 17.1 Å². The van der Waals surface area contributed by atoms with Gasteiger partial charge in [-0.15, -0.1) is 5.10 Å². The van der Waals surface area contributed by atoms with E-state index in [9.17, 15) is 4.79 Å². The van der Waals surface area contributed by atoms with E-state index in [2.05, 4.69) is 31.6 Å². The zero-order valence-corrected chi connectivity index (χ0v) is 12.4. The van der Waals surface area contributed by atoms with E-state index in [1.54, 1.807) is 35.3 Å². The summed E-state index contributed by atoms with van der Waals surface area (Å²) in [6, 6.07) is 5.11. The summed E-state index contributed by atoms with van der Waals surface area (Å²) in [6.07, 6.45) is 4.20. The highest BCUT2D eigenvalue weighted by molar-refractivity contribution is 9.10. The van der Waals surface area contributed by atoms with Crippen LogP contribution in [0.5, 0.6) is 0 Å². The van der Waals surface area contributed by atoms with Crippen LogP contribution in [-0.2, 0) is 6.54 Å². The van der Waals surface area contributed by atoms with Crippen LogP contribution in [0.1, 0.15) is 16.8 Å². The average Bonchev–Trinajstić information content (AvgIpc) is 2.86. The number of aryl methyl sites for hydroxylation is 1. The van der Waals surface area contributed by atoms with Gasteiger partial charge in [-0.3, -0.25) is 9.48 Å². The predicted molar refractivity (Wildman–Crippen MR) is 76.1 cm³/mol. The van der Waals surface area contributed by atoms with Gasteiger partial charge in [0.05, 0.1) is 6.20 Å².